The van der Waals surface area contributed by atoms with Gasteiger partial charge >= 0.3 is 0 Å². The smallest absolute Gasteiger partial charge is 0.238 e. The average molecular weight is 306 g/mol. The zero-order chi connectivity index (χ0) is 15.1. The van der Waals surface area contributed by atoms with E-state index >= 15 is 0 Å². The highest BCUT2D eigenvalue weighted by Crippen LogP contribution is 2.22. The van der Waals surface area contributed by atoms with Gasteiger partial charge in [-0.15, -0.1) is 11.8 Å². The molecule has 0 aliphatic carbocycles. The van der Waals surface area contributed by atoms with E-state index in [-0.39, 0.29) is 17.4 Å². The van der Waals surface area contributed by atoms with Crippen LogP contribution in [0.2, 0.25) is 0 Å². The number of rotatable bonds is 7. The third kappa shape index (κ3) is 5.71. The summed E-state index contributed by atoms with van der Waals surface area (Å²) in [7, 11) is 0. The SMILES string of the molecule is CC(C)(CCCc1ccccc1)CNC(=O)C1CSCN1. The Hall–Kier alpha value is -1.000. The Bertz CT molecular complexity index is 441. The van der Waals surface area contributed by atoms with Crippen molar-refractivity contribution in [3.05, 3.63) is 35.9 Å². The Morgan fingerprint density at radius 3 is 2.81 bits per heavy atom. The van der Waals surface area contributed by atoms with Crippen LogP contribution in [0.5, 0.6) is 0 Å². The molecule has 1 saturated heterocycles. The van der Waals surface area contributed by atoms with Gasteiger partial charge in [0.05, 0.1) is 6.04 Å². The molecule has 3 nitrogen and oxygen atoms in total. The zero-order valence-electron chi connectivity index (χ0n) is 13.0. The van der Waals surface area contributed by atoms with E-state index in [1.165, 1.54) is 5.56 Å². The van der Waals surface area contributed by atoms with Crippen molar-refractivity contribution < 1.29 is 4.79 Å². The van der Waals surface area contributed by atoms with E-state index in [0.717, 1.165) is 37.4 Å². The van der Waals surface area contributed by atoms with Crippen LogP contribution in [-0.2, 0) is 11.2 Å². The summed E-state index contributed by atoms with van der Waals surface area (Å²) < 4.78 is 0. The van der Waals surface area contributed by atoms with E-state index in [4.69, 9.17) is 0 Å². The molecule has 1 atom stereocenters. The number of aryl methyl sites for hydroxylation is 1. The average Bonchev–Trinajstić information content (AvgIpc) is 3.00. The van der Waals surface area contributed by atoms with E-state index in [0.29, 0.717) is 0 Å². The maximum absolute atomic E-state index is 12.0. The van der Waals surface area contributed by atoms with Gasteiger partial charge in [0.1, 0.15) is 0 Å². The van der Waals surface area contributed by atoms with Gasteiger partial charge < -0.3 is 5.32 Å². The van der Waals surface area contributed by atoms with Gasteiger partial charge in [-0.3, -0.25) is 10.1 Å². The van der Waals surface area contributed by atoms with Gasteiger partial charge in [-0.1, -0.05) is 44.2 Å². The van der Waals surface area contributed by atoms with E-state index in [9.17, 15) is 4.79 Å². The van der Waals surface area contributed by atoms with Crippen molar-refractivity contribution in [3.8, 4) is 0 Å². The predicted octanol–water partition coefficient (Wildman–Crippen LogP) is 2.81. The van der Waals surface area contributed by atoms with Gasteiger partial charge in [0.2, 0.25) is 5.91 Å². The Balaban J connectivity index is 1.67. The maximum Gasteiger partial charge on any atom is 0.238 e. The van der Waals surface area contributed by atoms with E-state index in [1.54, 1.807) is 11.8 Å². The van der Waals surface area contributed by atoms with Crippen LogP contribution in [0.4, 0.5) is 0 Å². The van der Waals surface area contributed by atoms with Crippen LogP contribution < -0.4 is 10.6 Å². The van der Waals surface area contributed by atoms with E-state index in [2.05, 4.69) is 54.8 Å². The lowest BCUT2D eigenvalue weighted by atomic mass is 9.86. The monoisotopic (exact) mass is 306 g/mol. The second-order valence-electron chi connectivity index (χ2n) is 6.49. The second kappa shape index (κ2) is 7.85. The molecule has 1 amide bonds. The number of thioether (sulfide) groups is 1. The van der Waals surface area contributed by atoms with Gasteiger partial charge in [-0.2, -0.15) is 0 Å². The molecule has 1 aromatic rings. The standard InChI is InChI=1S/C17H26N2OS/c1-17(2,10-6-9-14-7-4-3-5-8-14)12-18-16(20)15-11-21-13-19-15/h3-5,7-8,15,19H,6,9-13H2,1-2H3,(H,18,20). The van der Waals surface area contributed by atoms with Gasteiger partial charge in [0.25, 0.3) is 0 Å². The van der Waals surface area contributed by atoms with Crippen LogP contribution in [0, 0.1) is 5.41 Å². The van der Waals surface area contributed by atoms with Crippen molar-refractivity contribution in [2.75, 3.05) is 18.2 Å². The molecule has 1 heterocycles. The van der Waals surface area contributed by atoms with Gasteiger partial charge in [-0.05, 0) is 30.2 Å². The lowest BCUT2D eigenvalue weighted by Crippen LogP contribution is -2.45. The maximum atomic E-state index is 12.0. The molecule has 0 spiro atoms. The van der Waals surface area contributed by atoms with Crippen molar-refractivity contribution in [1.29, 1.82) is 0 Å². The number of hydrogen-bond donors (Lipinski definition) is 2. The van der Waals surface area contributed by atoms with Gasteiger partial charge in [-0.25, -0.2) is 0 Å². The van der Waals surface area contributed by atoms with Crippen LogP contribution in [0.1, 0.15) is 32.3 Å². The minimum Gasteiger partial charge on any atom is -0.354 e. The number of hydrogen-bond acceptors (Lipinski definition) is 3. The van der Waals surface area contributed by atoms with E-state index in [1.807, 2.05) is 0 Å². The fourth-order valence-corrected chi connectivity index (χ4v) is 3.46. The Morgan fingerprint density at radius 2 is 2.14 bits per heavy atom. The molecule has 4 heteroatoms. The highest BCUT2D eigenvalue weighted by atomic mass is 32.2. The fraction of sp³-hybridized carbons (Fsp3) is 0.588. The number of benzene rings is 1. The highest BCUT2D eigenvalue weighted by molar-refractivity contribution is 7.99. The minimum absolute atomic E-state index is 0.00452. The molecular weight excluding hydrogens is 280 g/mol. The van der Waals surface area contributed by atoms with E-state index < -0.39 is 0 Å². The largest absolute Gasteiger partial charge is 0.354 e. The van der Waals surface area contributed by atoms with Crippen LogP contribution in [0.3, 0.4) is 0 Å². The third-order valence-electron chi connectivity index (χ3n) is 3.94. The quantitative estimate of drug-likeness (QED) is 0.814. The van der Waals surface area contributed by atoms with Crippen molar-refractivity contribution in [2.45, 2.75) is 39.2 Å². The Kier molecular flexibility index (Phi) is 6.12. The number of nitrogens with one attached hydrogen (secondary N) is 2. The Morgan fingerprint density at radius 1 is 1.38 bits per heavy atom. The molecule has 1 aromatic carbocycles. The van der Waals surface area contributed by atoms with Crippen molar-refractivity contribution >= 4 is 17.7 Å². The third-order valence-corrected chi connectivity index (χ3v) is 4.88. The van der Waals surface area contributed by atoms with Crippen LogP contribution in [-0.4, -0.2) is 30.1 Å². The second-order valence-corrected chi connectivity index (χ2v) is 7.52. The highest BCUT2D eigenvalue weighted by Gasteiger charge is 2.24. The van der Waals surface area contributed by atoms with Crippen molar-refractivity contribution in [2.24, 2.45) is 5.41 Å². The molecule has 1 aliphatic rings. The first kappa shape index (κ1) is 16.4. The molecule has 0 aromatic heterocycles. The summed E-state index contributed by atoms with van der Waals surface area (Å²) in [6.45, 7) is 5.22. The van der Waals surface area contributed by atoms with Gasteiger partial charge in [0, 0.05) is 18.2 Å². The van der Waals surface area contributed by atoms with Crippen LogP contribution >= 0.6 is 11.8 Å². The molecule has 21 heavy (non-hydrogen) atoms. The summed E-state index contributed by atoms with van der Waals surface area (Å²) in [5.74, 6) is 1.93. The molecule has 0 radical (unpaired) electrons. The summed E-state index contributed by atoms with van der Waals surface area (Å²) in [5.41, 5.74) is 1.54. The zero-order valence-corrected chi connectivity index (χ0v) is 13.8. The molecule has 1 unspecified atom stereocenters. The summed E-state index contributed by atoms with van der Waals surface area (Å²) in [4.78, 5) is 12.0. The topological polar surface area (TPSA) is 41.1 Å². The fourth-order valence-electron chi connectivity index (χ4n) is 2.52. The first-order valence-electron chi connectivity index (χ1n) is 7.70. The first-order chi connectivity index (χ1) is 10.1. The summed E-state index contributed by atoms with van der Waals surface area (Å²) in [6.07, 6.45) is 3.39. The lowest BCUT2D eigenvalue weighted by molar-refractivity contribution is -0.122. The molecule has 0 bridgehead atoms. The van der Waals surface area contributed by atoms with Gasteiger partial charge in [0.15, 0.2) is 0 Å². The lowest BCUT2D eigenvalue weighted by Gasteiger charge is -2.25. The summed E-state index contributed by atoms with van der Waals surface area (Å²) in [5, 5.41) is 6.31. The molecule has 0 saturated carbocycles. The molecule has 2 N–H and O–H groups in total. The normalized spacial score (nSPS) is 18.7. The first-order valence-corrected chi connectivity index (χ1v) is 8.85. The molecule has 2 rings (SSSR count). The van der Waals surface area contributed by atoms with Crippen LogP contribution in [0.25, 0.3) is 0 Å². The molecule has 1 fully saturated rings. The molecule has 1 aliphatic heterocycles. The van der Waals surface area contributed by atoms with Crippen LogP contribution in [0.15, 0.2) is 30.3 Å². The molecule has 116 valence electrons. The van der Waals surface area contributed by atoms with Crippen molar-refractivity contribution in [3.63, 3.8) is 0 Å². The molecular formula is C17H26N2OS. The minimum atomic E-state index is -0.00452. The summed E-state index contributed by atoms with van der Waals surface area (Å²) in [6, 6.07) is 10.6. The number of amides is 1. The summed E-state index contributed by atoms with van der Waals surface area (Å²) >= 11 is 1.78. The number of carbonyl (C=O) groups excluding carboxylic acids is 1. The van der Waals surface area contributed by atoms with Crippen molar-refractivity contribution in [1.82, 2.24) is 10.6 Å². The Labute approximate surface area is 132 Å². The number of carbonyl (C=O) groups is 1. The predicted molar refractivity (Wildman–Crippen MR) is 90.4 cm³/mol.